The molecule has 1 saturated heterocycles. The monoisotopic (exact) mass is 545 g/mol. The molecule has 0 aliphatic carbocycles. The summed E-state index contributed by atoms with van der Waals surface area (Å²) in [7, 11) is -1.91. The molecule has 4 rings (SSSR count). The number of hydrogen-bond donors (Lipinski definition) is 2. The minimum absolute atomic E-state index is 0.104. The lowest BCUT2D eigenvalue weighted by molar-refractivity contribution is -0.140. The average molecular weight is 546 g/mol. The van der Waals surface area contributed by atoms with Crippen molar-refractivity contribution in [2.24, 2.45) is 0 Å². The molecule has 2 N–H and O–H groups in total. The standard InChI is InChI=1S/C31H39N3O4Si/c1-22(36)30-32-17-18-33(30)26(20-35)14-9-23-7-10-24(11-8-23)25-12-15-28(16-13-25)38-21-27-19-29(37)34(27)39(5,6)31(2,3)4/h7-8,10-13,15-18,22,26-27,35-36H,19-21H2,1-6H3/t22-,26-,27?/m0/s1. The molecule has 3 atom stereocenters. The maximum atomic E-state index is 12.4. The van der Waals surface area contributed by atoms with Crippen LogP contribution >= 0.6 is 0 Å². The van der Waals surface area contributed by atoms with Crippen molar-refractivity contribution in [2.75, 3.05) is 13.2 Å². The predicted octanol–water partition coefficient (Wildman–Crippen LogP) is 5.17. The number of β-lactam (4-membered cyclic amide) rings is 1. The summed E-state index contributed by atoms with van der Waals surface area (Å²) in [5.74, 6) is 7.71. The van der Waals surface area contributed by atoms with Crippen LogP contribution in [0.1, 0.15) is 57.6 Å². The molecule has 2 heterocycles. The number of ether oxygens (including phenoxy) is 1. The maximum Gasteiger partial charge on any atom is 0.217 e. The van der Waals surface area contributed by atoms with E-state index in [1.54, 1.807) is 23.9 Å². The molecule has 0 spiro atoms. The Morgan fingerprint density at radius 2 is 1.72 bits per heavy atom. The highest BCUT2D eigenvalue weighted by Gasteiger charge is 2.51. The number of aliphatic hydroxyl groups is 2. The smallest absolute Gasteiger partial charge is 0.217 e. The molecule has 1 fully saturated rings. The van der Waals surface area contributed by atoms with Gasteiger partial charge in [0.1, 0.15) is 30.3 Å². The van der Waals surface area contributed by atoms with E-state index in [9.17, 15) is 15.0 Å². The number of aromatic nitrogens is 2. The predicted molar refractivity (Wildman–Crippen MR) is 156 cm³/mol. The van der Waals surface area contributed by atoms with Crippen molar-refractivity contribution < 1.29 is 19.7 Å². The van der Waals surface area contributed by atoms with E-state index in [4.69, 9.17) is 4.74 Å². The number of hydrogen-bond acceptors (Lipinski definition) is 5. The number of carbonyl (C=O) groups is 1. The van der Waals surface area contributed by atoms with E-state index < -0.39 is 20.4 Å². The van der Waals surface area contributed by atoms with Crippen molar-refractivity contribution in [2.45, 2.75) is 70.4 Å². The van der Waals surface area contributed by atoms with E-state index in [1.807, 2.05) is 48.5 Å². The lowest BCUT2D eigenvalue weighted by atomic mass is 10.0. The zero-order chi connectivity index (χ0) is 28.4. The Morgan fingerprint density at radius 1 is 1.10 bits per heavy atom. The van der Waals surface area contributed by atoms with Crippen LogP contribution in [0, 0.1) is 11.8 Å². The van der Waals surface area contributed by atoms with Crippen LogP contribution in [0.3, 0.4) is 0 Å². The summed E-state index contributed by atoms with van der Waals surface area (Å²) in [6.07, 6.45) is 3.12. The first kappa shape index (κ1) is 28.6. The molecule has 1 aliphatic rings. The van der Waals surface area contributed by atoms with E-state index in [-0.39, 0.29) is 23.6 Å². The Labute approximate surface area is 232 Å². The lowest BCUT2D eigenvalue weighted by Gasteiger charge is -2.54. The lowest BCUT2D eigenvalue weighted by Crippen LogP contribution is -2.69. The number of amides is 1. The van der Waals surface area contributed by atoms with Gasteiger partial charge >= 0.3 is 0 Å². The van der Waals surface area contributed by atoms with Crippen LogP contribution < -0.4 is 4.74 Å². The molecular weight excluding hydrogens is 506 g/mol. The third-order valence-corrected chi connectivity index (χ3v) is 13.5. The summed E-state index contributed by atoms with van der Waals surface area (Å²) in [6, 6.07) is 15.6. The first-order chi connectivity index (χ1) is 18.4. The Bertz CT molecular complexity index is 1350. The maximum absolute atomic E-state index is 12.4. The van der Waals surface area contributed by atoms with Crippen molar-refractivity contribution >= 4 is 14.1 Å². The molecule has 7 nitrogen and oxygen atoms in total. The van der Waals surface area contributed by atoms with Gasteiger partial charge in [-0.1, -0.05) is 70.0 Å². The van der Waals surface area contributed by atoms with E-state index in [0.717, 1.165) is 22.4 Å². The fraction of sp³-hybridized carbons (Fsp3) is 0.419. The zero-order valence-electron chi connectivity index (χ0n) is 23.7. The van der Waals surface area contributed by atoms with Crippen molar-refractivity contribution in [3.05, 3.63) is 72.3 Å². The van der Waals surface area contributed by atoms with E-state index in [1.165, 1.54) is 0 Å². The number of benzene rings is 2. The molecular formula is C31H39N3O4Si. The van der Waals surface area contributed by atoms with Gasteiger partial charge in [0, 0.05) is 24.4 Å². The van der Waals surface area contributed by atoms with Crippen LogP contribution in [0.5, 0.6) is 5.75 Å². The number of imidazole rings is 1. The number of rotatable bonds is 8. The molecule has 39 heavy (non-hydrogen) atoms. The van der Waals surface area contributed by atoms with Crippen LogP contribution in [0.2, 0.25) is 18.1 Å². The van der Waals surface area contributed by atoms with Gasteiger partial charge in [-0.3, -0.25) is 4.79 Å². The van der Waals surface area contributed by atoms with Crippen molar-refractivity contribution in [3.63, 3.8) is 0 Å². The van der Waals surface area contributed by atoms with E-state index in [2.05, 4.69) is 55.3 Å². The van der Waals surface area contributed by atoms with Gasteiger partial charge in [-0.05, 0) is 47.4 Å². The fourth-order valence-electron chi connectivity index (χ4n) is 4.71. The van der Waals surface area contributed by atoms with Crippen LogP contribution in [0.4, 0.5) is 0 Å². The van der Waals surface area contributed by atoms with Crippen molar-refractivity contribution in [1.29, 1.82) is 0 Å². The third-order valence-electron chi connectivity index (χ3n) is 7.96. The highest BCUT2D eigenvalue weighted by molar-refractivity contribution is 6.80. The first-order valence-corrected chi connectivity index (χ1v) is 16.4. The summed E-state index contributed by atoms with van der Waals surface area (Å²) in [5.41, 5.74) is 2.96. The van der Waals surface area contributed by atoms with Gasteiger partial charge < -0.3 is 24.1 Å². The average Bonchev–Trinajstić information content (AvgIpc) is 3.37. The summed E-state index contributed by atoms with van der Waals surface area (Å²) >= 11 is 0. The topological polar surface area (TPSA) is 87.8 Å². The molecule has 3 aromatic rings. The van der Waals surface area contributed by atoms with Crippen LogP contribution in [-0.2, 0) is 4.79 Å². The van der Waals surface area contributed by atoms with Gasteiger partial charge in [0.15, 0.2) is 8.24 Å². The molecule has 206 valence electrons. The van der Waals surface area contributed by atoms with Crippen LogP contribution in [-0.4, -0.2) is 57.7 Å². The third kappa shape index (κ3) is 6.11. The summed E-state index contributed by atoms with van der Waals surface area (Å²) in [4.78, 5) is 16.6. The summed E-state index contributed by atoms with van der Waals surface area (Å²) in [5, 5.41) is 19.8. The largest absolute Gasteiger partial charge is 0.491 e. The van der Waals surface area contributed by atoms with Crippen LogP contribution in [0.25, 0.3) is 11.1 Å². The summed E-state index contributed by atoms with van der Waals surface area (Å²) in [6.45, 7) is 13.2. The van der Waals surface area contributed by atoms with Gasteiger partial charge in [-0.15, -0.1) is 0 Å². The van der Waals surface area contributed by atoms with E-state index >= 15 is 0 Å². The highest BCUT2D eigenvalue weighted by atomic mass is 28.3. The Kier molecular flexibility index (Phi) is 8.36. The summed E-state index contributed by atoms with van der Waals surface area (Å²) < 4.78 is 9.91. The van der Waals surface area contributed by atoms with Gasteiger partial charge in [0.2, 0.25) is 5.91 Å². The normalized spacial score (nSPS) is 17.2. The van der Waals surface area contributed by atoms with Gasteiger partial charge in [0.25, 0.3) is 0 Å². The Hall–Kier alpha value is -3.38. The minimum Gasteiger partial charge on any atom is -0.491 e. The Morgan fingerprint density at radius 3 is 2.26 bits per heavy atom. The quantitative estimate of drug-likeness (QED) is 0.232. The van der Waals surface area contributed by atoms with Gasteiger partial charge in [0.05, 0.1) is 12.6 Å². The molecule has 0 saturated carbocycles. The first-order valence-electron chi connectivity index (χ1n) is 13.4. The van der Waals surface area contributed by atoms with Crippen molar-refractivity contribution in [1.82, 2.24) is 14.1 Å². The number of aliphatic hydroxyl groups excluding tert-OH is 2. The molecule has 0 bridgehead atoms. The fourth-order valence-corrected chi connectivity index (χ4v) is 7.23. The Balaban J connectivity index is 1.37. The molecule has 1 aromatic heterocycles. The number of carbonyl (C=O) groups excluding carboxylic acids is 1. The molecule has 1 unspecified atom stereocenters. The molecule has 1 aliphatic heterocycles. The molecule has 2 aromatic carbocycles. The highest BCUT2D eigenvalue weighted by Crippen LogP contribution is 2.43. The second kappa shape index (κ2) is 11.4. The van der Waals surface area contributed by atoms with Gasteiger partial charge in [-0.25, -0.2) is 4.98 Å². The molecule has 8 heteroatoms. The zero-order valence-corrected chi connectivity index (χ0v) is 24.7. The van der Waals surface area contributed by atoms with Gasteiger partial charge in [-0.2, -0.15) is 0 Å². The second-order valence-electron chi connectivity index (χ2n) is 11.7. The second-order valence-corrected chi connectivity index (χ2v) is 16.8. The van der Waals surface area contributed by atoms with Crippen LogP contribution in [0.15, 0.2) is 60.9 Å². The van der Waals surface area contributed by atoms with Crippen molar-refractivity contribution in [3.8, 4) is 28.7 Å². The molecule has 1 amide bonds. The molecule has 0 radical (unpaired) electrons. The minimum atomic E-state index is -1.91. The number of nitrogens with zero attached hydrogens (tertiary/aromatic N) is 3. The SMILES string of the molecule is C[C@H](O)c1nccn1[C@@H](C#Cc1ccc(-c2ccc(OCC3CC(=O)N3[Si](C)(C)C(C)(C)C)cc2)cc1)CO. The van der Waals surface area contributed by atoms with E-state index in [0.29, 0.717) is 18.9 Å².